The quantitative estimate of drug-likeness (QED) is 0.257. The van der Waals surface area contributed by atoms with Crippen LogP contribution in [0.15, 0.2) is 64.6 Å². The zero-order valence-corrected chi connectivity index (χ0v) is 25.0. The number of nitrogens with zero attached hydrogens (tertiary/aromatic N) is 4. The number of amides is 4. The van der Waals surface area contributed by atoms with Crippen LogP contribution in [-0.4, -0.2) is 76.1 Å². The molecule has 1 unspecified atom stereocenters. The number of benzene rings is 2. The Kier molecular flexibility index (Phi) is 10.0. The van der Waals surface area contributed by atoms with Gasteiger partial charge in [0.2, 0.25) is 11.8 Å². The fraction of sp³-hybridized carbons (Fsp3) is 0.400. The summed E-state index contributed by atoms with van der Waals surface area (Å²) in [6, 6.07) is 15.6. The van der Waals surface area contributed by atoms with Gasteiger partial charge in [-0.2, -0.15) is 25.3 Å². The van der Waals surface area contributed by atoms with Crippen LogP contribution in [0.2, 0.25) is 0 Å². The SMILES string of the molecule is CCCC[C@]1(c2ccccc2)N=CC(NC(=O)C(CS)N(C)C(=O)[C@@H](S)CCCN2C(=O)c3ccccc3C2=O)=N1. The average molecular weight is 594 g/mol. The zero-order chi connectivity index (χ0) is 29.6. The number of carbonyl (C=O) groups is 4. The molecule has 41 heavy (non-hydrogen) atoms. The number of aliphatic imine (C=N–C) groups is 2. The Labute approximate surface area is 251 Å². The molecule has 0 radical (unpaired) electrons. The van der Waals surface area contributed by atoms with E-state index in [0.29, 0.717) is 36.2 Å². The first kappa shape index (κ1) is 30.5. The highest BCUT2D eigenvalue weighted by atomic mass is 32.1. The number of likely N-dealkylation sites (N-methyl/N-ethyl adjacent to an activating group) is 1. The van der Waals surface area contributed by atoms with Crippen molar-refractivity contribution >= 4 is 60.9 Å². The van der Waals surface area contributed by atoms with Crippen LogP contribution in [0.4, 0.5) is 0 Å². The van der Waals surface area contributed by atoms with Crippen molar-refractivity contribution in [2.75, 3.05) is 19.3 Å². The topological polar surface area (TPSA) is 112 Å². The van der Waals surface area contributed by atoms with E-state index in [1.54, 1.807) is 30.5 Å². The number of unbranched alkanes of at least 4 members (excludes halogenated alkanes) is 1. The number of amidine groups is 1. The van der Waals surface area contributed by atoms with Crippen molar-refractivity contribution in [3.8, 4) is 0 Å². The van der Waals surface area contributed by atoms with Crippen molar-refractivity contribution in [2.45, 2.75) is 56.0 Å². The predicted octanol–water partition coefficient (Wildman–Crippen LogP) is 3.76. The largest absolute Gasteiger partial charge is 0.332 e. The molecule has 216 valence electrons. The monoisotopic (exact) mass is 593 g/mol. The van der Waals surface area contributed by atoms with E-state index in [1.807, 2.05) is 30.3 Å². The van der Waals surface area contributed by atoms with E-state index in [0.717, 1.165) is 18.4 Å². The summed E-state index contributed by atoms with van der Waals surface area (Å²) in [7, 11) is 1.54. The number of thiol groups is 2. The van der Waals surface area contributed by atoms with Crippen molar-refractivity contribution < 1.29 is 19.2 Å². The molecule has 1 N–H and O–H groups in total. The summed E-state index contributed by atoms with van der Waals surface area (Å²) in [6.07, 6.45) is 4.89. The van der Waals surface area contributed by atoms with E-state index in [-0.39, 0.29) is 30.0 Å². The first-order valence-corrected chi connectivity index (χ1v) is 14.9. The van der Waals surface area contributed by atoms with Gasteiger partial charge in [0.05, 0.1) is 22.6 Å². The highest BCUT2D eigenvalue weighted by Gasteiger charge is 2.37. The highest BCUT2D eigenvalue weighted by molar-refractivity contribution is 7.81. The molecule has 0 aliphatic carbocycles. The van der Waals surface area contributed by atoms with Crippen molar-refractivity contribution in [3.05, 3.63) is 71.3 Å². The van der Waals surface area contributed by atoms with Gasteiger partial charge in [0, 0.05) is 24.9 Å². The second-order valence-corrected chi connectivity index (χ2v) is 11.1. The lowest BCUT2D eigenvalue weighted by molar-refractivity contribution is -0.137. The third-order valence-electron chi connectivity index (χ3n) is 7.39. The molecular weight excluding hydrogens is 558 g/mol. The Hall–Kier alpha value is -3.44. The maximum Gasteiger partial charge on any atom is 0.261 e. The van der Waals surface area contributed by atoms with Crippen LogP contribution in [0.1, 0.15) is 65.3 Å². The first-order chi connectivity index (χ1) is 19.7. The summed E-state index contributed by atoms with van der Waals surface area (Å²) < 4.78 is 0. The van der Waals surface area contributed by atoms with Crippen LogP contribution >= 0.6 is 25.3 Å². The second kappa shape index (κ2) is 13.5. The van der Waals surface area contributed by atoms with Gasteiger partial charge in [0.15, 0.2) is 5.66 Å². The van der Waals surface area contributed by atoms with Crippen LogP contribution in [-0.2, 0) is 15.3 Å². The zero-order valence-electron chi connectivity index (χ0n) is 23.2. The van der Waals surface area contributed by atoms with Gasteiger partial charge in [0.1, 0.15) is 11.9 Å². The molecule has 2 aliphatic rings. The molecule has 0 aromatic heterocycles. The molecule has 0 saturated heterocycles. The number of hydrogen-bond acceptors (Lipinski definition) is 8. The van der Waals surface area contributed by atoms with Crippen LogP contribution < -0.4 is 5.32 Å². The first-order valence-electron chi connectivity index (χ1n) is 13.7. The molecule has 3 atom stereocenters. The van der Waals surface area contributed by atoms with Gasteiger partial charge >= 0.3 is 0 Å². The third kappa shape index (κ3) is 6.56. The Bertz CT molecular complexity index is 1330. The van der Waals surface area contributed by atoms with Crippen molar-refractivity contribution in [1.29, 1.82) is 0 Å². The number of nitrogens with one attached hydrogen (secondary N) is 1. The minimum atomic E-state index is -0.866. The van der Waals surface area contributed by atoms with Gasteiger partial charge in [-0.05, 0) is 37.8 Å². The molecule has 2 aliphatic heterocycles. The fourth-order valence-corrected chi connectivity index (χ4v) is 5.78. The number of hydrogen-bond donors (Lipinski definition) is 3. The van der Waals surface area contributed by atoms with Crippen LogP contribution in [0, 0.1) is 0 Å². The fourth-order valence-electron chi connectivity index (χ4n) is 5.01. The van der Waals surface area contributed by atoms with E-state index >= 15 is 0 Å². The molecule has 0 saturated carbocycles. The van der Waals surface area contributed by atoms with Crippen LogP contribution in [0.25, 0.3) is 0 Å². The maximum absolute atomic E-state index is 13.2. The Morgan fingerprint density at radius 1 is 1.02 bits per heavy atom. The van der Waals surface area contributed by atoms with Crippen molar-refractivity contribution in [1.82, 2.24) is 15.1 Å². The van der Waals surface area contributed by atoms with Crippen molar-refractivity contribution in [2.24, 2.45) is 9.98 Å². The van der Waals surface area contributed by atoms with Gasteiger partial charge < -0.3 is 10.2 Å². The van der Waals surface area contributed by atoms with E-state index < -0.39 is 22.9 Å². The number of fused-ring (bicyclic) bond motifs is 1. The average Bonchev–Trinajstić information content (AvgIpc) is 3.51. The van der Waals surface area contributed by atoms with Gasteiger partial charge in [-0.15, -0.1) is 0 Å². The minimum Gasteiger partial charge on any atom is -0.332 e. The number of carbonyl (C=O) groups excluding carboxylic acids is 4. The second-order valence-electron chi connectivity index (χ2n) is 10.1. The standard InChI is InChI=1S/C30H35N5O4S2/c1-3-4-16-30(20-11-6-5-7-12-20)31-18-25(33-30)32-26(36)23(19-40)34(2)29(39)24(41)15-10-17-35-27(37)21-13-8-9-14-22(21)28(35)38/h5-9,11-14,18,23-24,40-41H,3-4,10,15-17,19H2,1-2H3,(H,32,33,36)/t23?,24-,30-/m0/s1. The molecule has 4 amide bonds. The number of imide groups is 1. The summed E-state index contributed by atoms with van der Waals surface area (Å²) in [5, 5.41) is 2.09. The van der Waals surface area contributed by atoms with E-state index in [2.05, 4.69) is 42.5 Å². The summed E-state index contributed by atoms with van der Waals surface area (Å²) in [5.74, 6) is -1.01. The molecule has 0 bridgehead atoms. The molecule has 2 heterocycles. The predicted molar refractivity (Wildman–Crippen MR) is 166 cm³/mol. The van der Waals surface area contributed by atoms with E-state index in [1.165, 1.54) is 16.8 Å². The smallest absolute Gasteiger partial charge is 0.261 e. The van der Waals surface area contributed by atoms with Gasteiger partial charge in [0.25, 0.3) is 11.8 Å². The lowest BCUT2D eigenvalue weighted by Crippen LogP contribution is -2.52. The summed E-state index contributed by atoms with van der Waals surface area (Å²) in [5.41, 5.74) is 0.947. The number of rotatable bonds is 12. The lowest BCUT2D eigenvalue weighted by atomic mass is 9.95. The van der Waals surface area contributed by atoms with Crippen LogP contribution in [0.3, 0.4) is 0 Å². The van der Waals surface area contributed by atoms with Gasteiger partial charge in [-0.1, -0.05) is 55.8 Å². The summed E-state index contributed by atoms with van der Waals surface area (Å²) in [4.78, 5) is 63.5. The molecular formula is C30H35N5O4S2. The molecule has 0 spiro atoms. The van der Waals surface area contributed by atoms with Gasteiger partial charge in [-0.25, -0.2) is 4.99 Å². The molecule has 11 heteroatoms. The molecule has 2 aromatic carbocycles. The summed E-state index contributed by atoms with van der Waals surface area (Å²) >= 11 is 8.80. The molecule has 4 rings (SSSR count). The van der Waals surface area contributed by atoms with Crippen LogP contribution in [0.5, 0.6) is 0 Å². The van der Waals surface area contributed by atoms with E-state index in [9.17, 15) is 19.2 Å². The third-order valence-corrected chi connectivity index (χ3v) is 8.21. The van der Waals surface area contributed by atoms with Crippen molar-refractivity contribution in [3.63, 3.8) is 0 Å². The Morgan fingerprint density at radius 3 is 2.27 bits per heavy atom. The normalized spacial score (nSPS) is 19.1. The maximum atomic E-state index is 13.2. The Morgan fingerprint density at radius 2 is 1.66 bits per heavy atom. The lowest BCUT2D eigenvalue weighted by Gasteiger charge is -2.28. The molecule has 9 nitrogen and oxygen atoms in total. The highest BCUT2D eigenvalue weighted by Crippen LogP contribution is 2.35. The minimum absolute atomic E-state index is 0.0910. The Balaban J connectivity index is 1.34. The van der Waals surface area contributed by atoms with Gasteiger partial charge in [-0.3, -0.25) is 29.1 Å². The molecule has 2 aromatic rings. The molecule has 0 fully saturated rings. The summed E-state index contributed by atoms with van der Waals surface area (Å²) in [6.45, 7) is 2.28. The van der Waals surface area contributed by atoms with E-state index in [4.69, 9.17) is 4.99 Å².